The highest BCUT2D eigenvalue weighted by Crippen LogP contribution is 2.29. The van der Waals surface area contributed by atoms with Crippen molar-refractivity contribution in [1.82, 2.24) is 0 Å². The minimum Gasteiger partial charge on any atom is -0.446 e. The van der Waals surface area contributed by atoms with Gasteiger partial charge in [0.25, 0.3) is 0 Å². The van der Waals surface area contributed by atoms with Gasteiger partial charge in [-0.25, -0.2) is 4.79 Å². The van der Waals surface area contributed by atoms with Crippen LogP contribution in [-0.2, 0) is 9.53 Å². The maximum atomic E-state index is 11.1. The van der Waals surface area contributed by atoms with Crippen LogP contribution >= 0.6 is 11.8 Å². The van der Waals surface area contributed by atoms with E-state index in [0.29, 0.717) is 0 Å². The van der Waals surface area contributed by atoms with Crippen LogP contribution in [0.5, 0.6) is 0 Å². The third-order valence-corrected chi connectivity index (χ3v) is 0.903. The van der Waals surface area contributed by atoms with Crippen molar-refractivity contribution < 1.29 is 22.7 Å². The second-order valence-corrected chi connectivity index (χ2v) is 1.92. The first kappa shape index (κ1) is 8.61. The summed E-state index contributed by atoms with van der Waals surface area (Å²) >= 11 is -0.427. The molecule has 0 bridgehead atoms. The average Bonchev–Trinajstić information content (AvgIpc) is 1.63. The van der Waals surface area contributed by atoms with E-state index in [9.17, 15) is 13.2 Å². The van der Waals surface area contributed by atoms with Crippen LogP contribution in [0.4, 0.5) is 13.2 Å². The summed E-state index contributed by atoms with van der Waals surface area (Å²) < 4.78 is 37.0. The molecule has 2 nitrogen and oxygen atoms in total. The Labute approximate surface area is 53.4 Å². The van der Waals surface area contributed by atoms with E-state index in [1.165, 1.54) is 0 Å². The third kappa shape index (κ3) is 7.61. The standard InChI is InChI=1S/C3H2F3O2S/c4-3(5,6)9-2-8-1-7/h2H2. The Morgan fingerprint density at radius 1 is 1.56 bits per heavy atom. The molecule has 0 aliphatic carbocycles. The third-order valence-electron chi connectivity index (χ3n) is 0.340. The molecule has 0 aromatic carbocycles. The smallest absolute Gasteiger partial charge is 0.444 e. The molecule has 1 radical (unpaired) electrons. The quantitative estimate of drug-likeness (QED) is 0.458. The topological polar surface area (TPSA) is 26.3 Å². The molecule has 0 fully saturated rings. The second kappa shape index (κ2) is 3.60. The number of carbonyl (C=O) groups excluding carboxylic acids is 1. The molecule has 0 N–H and O–H groups in total. The largest absolute Gasteiger partial charge is 0.446 e. The lowest BCUT2D eigenvalue weighted by atomic mass is 11.5. The van der Waals surface area contributed by atoms with Crippen molar-refractivity contribution in [2.75, 3.05) is 5.94 Å². The van der Waals surface area contributed by atoms with Gasteiger partial charge in [-0.2, -0.15) is 13.2 Å². The molecule has 0 aliphatic rings. The van der Waals surface area contributed by atoms with Crippen LogP contribution in [0.2, 0.25) is 0 Å². The molecule has 0 aromatic heterocycles. The van der Waals surface area contributed by atoms with Gasteiger partial charge in [-0.15, -0.1) is 0 Å². The second-order valence-electron chi connectivity index (χ2n) is 0.936. The van der Waals surface area contributed by atoms with Crippen molar-refractivity contribution in [3.05, 3.63) is 0 Å². The Morgan fingerprint density at radius 2 is 2.11 bits per heavy atom. The van der Waals surface area contributed by atoms with Gasteiger partial charge in [0.15, 0.2) is 0 Å². The summed E-state index contributed by atoms with van der Waals surface area (Å²) in [5, 5.41) is 0. The van der Waals surface area contributed by atoms with E-state index in [2.05, 4.69) is 4.74 Å². The average molecular weight is 159 g/mol. The van der Waals surface area contributed by atoms with Gasteiger partial charge < -0.3 is 4.74 Å². The molecule has 0 saturated carbocycles. The molecule has 6 heteroatoms. The Hall–Kier alpha value is -0.390. The molecule has 0 amide bonds. The highest BCUT2D eigenvalue weighted by atomic mass is 32.2. The highest BCUT2D eigenvalue weighted by molar-refractivity contribution is 7.99. The zero-order valence-electron chi connectivity index (χ0n) is 4.07. The van der Waals surface area contributed by atoms with E-state index in [-0.39, 0.29) is 0 Å². The van der Waals surface area contributed by atoms with Crippen molar-refractivity contribution in [3.63, 3.8) is 0 Å². The summed E-state index contributed by atoms with van der Waals surface area (Å²) in [6, 6.07) is 0. The molecule has 0 atom stereocenters. The van der Waals surface area contributed by atoms with Gasteiger partial charge in [-0.3, -0.25) is 0 Å². The number of hydrogen-bond donors (Lipinski definition) is 0. The van der Waals surface area contributed by atoms with Crippen LogP contribution < -0.4 is 0 Å². The maximum absolute atomic E-state index is 11.1. The first-order chi connectivity index (χ1) is 4.06. The molecule has 0 spiro atoms. The van der Waals surface area contributed by atoms with Crippen molar-refractivity contribution in [1.29, 1.82) is 0 Å². The summed E-state index contributed by atoms with van der Waals surface area (Å²) in [5.74, 6) is -0.729. The van der Waals surface area contributed by atoms with E-state index >= 15 is 0 Å². The van der Waals surface area contributed by atoms with Gasteiger partial charge in [0.2, 0.25) is 0 Å². The molecule has 0 unspecified atom stereocenters. The Morgan fingerprint density at radius 3 is 2.44 bits per heavy atom. The first-order valence-corrected chi connectivity index (χ1v) is 2.74. The number of thioether (sulfide) groups is 1. The van der Waals surface area contributed by atoms with Gasteiger partial charge >= 0.3 is 12.0 Å². The number of alkyl halides is 3. The Kier molecular flexibility index (Phi) is 3.44. The lowest BCUT2D eigenvalue weighted by Crippen LogP contribution is -2.02. The van der Waals surface area contributed by atoms with E-state index in [1.54, 1.807) is 0 Å². The van der Waals surface area contributed by atoms with Crippen LogP contribution in [0.25, 0.3) is 0 Å². The lowest BCUT2D eigenvalue weighted by molar-refractivity contribution is -0.0337. The minimum absolute atomic E-state index is 0.427. The molecular formula is C3H2F3O2S. The van der Waals surface area contributed by atoms with Crippen LogP contribution in [0.3, 0.4) is 0 Å². The van der Waals surface area contributed by atoms with Crippen LogP contribution in [-0.4, -0.2) is 17.9 Å². The van der Waals surface area contributed by atoms with Gasteiger partial charge in [-0.05, 0) is 11.8 Å². The minimum atomic E-state index is -4.34. The zero-order chi connectivity index (χ0) is 7.33. The number of rotatable bonds is 3. The number of halogens is 3. The van der Waals surface area contributed by atoms with Crippen LogP contribution in [0.1, 0.15) is 0 Å². The monoisotopic (exact) mass is 159 g/mol. The fourth-order valence-electron chi connectivity index (χ4n) is 0.120. The van der Waals surface area contributed by atoms with Crippen molar-refractivity contribution >= 4 is 18.2 Å². The van der Waals surface area contributed by atoms with Crippen LogP contribution in [0, 0.1) is 0 Å². The predicted molar refractivity (Wildman–Crippen MR) is 25.3 cm³/mol. The molecular weight excluding hydrogens is 157 g/mol. The summed E-state index contributed by atoms with van der Waals surface area (Å²) in [5.41, 5.74) is -4.34. The lowest BCUT2D eigenvalue weighted by Gasteiger charge is -2.01. The Balaban J connectivity index is 3.17. The molecule has 0 rings (SSSR count). The summed E-state index contributed by atoms with van der Waals surface area (Å²) in [4.78, 5) is 9.16. The van der Waals surface area contributed by atoms with E-state index in [1.807, 2.05) is 0 Å². The van der Waals surface area contributed by atoms with Gasteiger partial charge in [-0.1, -0.05) is 0 Å². The summed E-state index contributed by atoms with van der Waals surface area (Å²) in [6.07, 6.45) is 0. The molecule has 0 saturated heterocycles. The molecule has 0 aromatic rings. The SMILES string of the molecule is O=[C]OCSC(F)(F)F. The van der Waals surface area contributed by atoms with Gasteiger partial charge in [0.1, 0.15) is 5.94 Å². The van der Waals surface area contributed by atoms with E-state index in [0.717, 1.165) is 6.47 Å². The molecule has 0 aliphatic heterocycles. The fraction of sp³-hybridized carbons (Fsp3) is 0.667. The molecule has 0 heterocycles. The Bertz CT molecular complexity index is 91.5. The highest BCUT2D eigenvalue weighted by Gasteiger charge is 2.28. The summed E-state index contributed by atoms with van der Waals surface area (Å²) in [6.45, 7) is 0.869. The molecule has 53 valence electrons. The molecule has 9 heavy (non-hydrogen) atoms. The fourth-order valence-corrected chi connectivity index (χ4v) is 0.361. The van der Waals surface area contributed by atoms with E-state index in [4.69, 9.17) is 4.79 Å². The number of ether oxygens (including phenoxy) is 1. The van der Waals surface area contributed by atoms with Crippen LogP contribution in [0.15, 0.2) is 0 Å². The predicted octanol–water partition coefficient (Wildman–Crippen LogP) is 1.28. The van der Waals surface area contributed by atoms with E-state index < -0.39 is 23.2 Å². The zero-order valence-corrected chi connectivity index (χ0v) is 4.88. The van der Waals surface area contributed by atoms with Crippen molar-refractivity contribution in [3.8, 4) is 0 Å². The van der Waals surface area contributed by atoms with Crippen molar-refractivity contribution in [2.24, 2.45) is 0 Å². The normalized spacial score (nSPS) is 11.0. The van der Waals surface area contributed by atoms with Gasteiger partial charge in [0, 0.05) is 0 Å². The summed E-state index contributed by atoms with van der Waals surface area (Å²) in [7, 11) is 0. The van der Waals surface area contributed by atoms with Crippen molar-refractivity contribution in [2.45, 2.75) is 5.51 Å². The number of hydrogen-bond acceptors (Lipinski definition) is 3. The maximum Gasteiger partial charge on any atom is 0.444 e. The first-order valence-electron chi connectivity index (χ1n) is 1.76. The van der Waals surface area contributed by atoms with Gasteiger partial charge in [0.05, 0.1) is 0 Å².